The van der Waals surface area contributed by atoms with E-state index >= 15 is 0 Å². The van der Waals surface area contributed by atoms with Gasteiger partial charge < -0.3 is 4.74 Å². The molecule has 0 aliphatic rings. The quantitative estimate of drug-likeness (QED) is 0.433. The molecule has 0 aliphatic heterocycles. The number of halogens is 1. The Balaban J connectivity index is 1.97. The van der Waals surface area contributed by atoms with Gasteiger partial charge in [0.15, 0.2) is 6.10 Å². The number of ketones is 1. The van der Waals surface area contributed by atoms with E-state index in [1.807, 2.05) is 12.1 Å². The van der Waals surface area contributed by atoms with Gasteiger partial charge in [-0.25, -0.2) is 9.18 Å². The molecule has 136 valence electrons. The van der Waals surface area contributed by atoms with Crippen LogP contribution in [0.5, 0.6) is 0 Å². The van der Waals surface area contributed by atoms with Crippen LogP contribution in [0.2, 0.25) is 0 Å². The summed E-state index contributed by atoms with van der Waals surface area (Å²) in [5, 5.41) is 0. The first-order valence-corrected chi connectivity index (χ1v) is 8.46. The fraction of sp³-hybridized carbons (Fsp3) is 0.273. The molecule has 1 unspecified atom stereocenters. The number of hydrogen-bond acceptors (Lipinski definition) is 3. The van der Waals surface area contributed by atoms with Crippen molar-refractivity contribution >= 4 is 17.8 Å². The molecular formula is C22H23FO3. The lowest BCUT2D eigenvalue weighted by Crippen LogP contribution is -2.23. The van der Waals surface area contributed by atoms with E-state index < -0.39 is 12.1 Å². The van der Waals surface area contributed by atoms with Crippen LogP contribution in [0.1, 0.15) is 49.2 Å². The third-order valence-corrected chi connectivity index (χ3v) is 3.98. The molecule has 0 fully saturated rings. The van der Waals surface area contributed by atoms with Gasteiger partial charge in [0.2, 0.25) is 5.78 Å². The van der Waals surface area contributed by atoms with E-state index in [0.29, 0.717) is 11.1 Å². The first-order valence-electron chi connectivity index (χ1n) is 8.46. The standard InChI is InChI=1S/C22H23FO3/c1-15(21(25)17-8-10-18(11-9-17)22(2,3)4)26-20(24)14-7-16-5-12-19(23)13-6-16/h5-15H,1-4H3/b14-7+. The Kier molecular flexibility index (Phi) is 6.09. The van der Waals surface area contributed by atoms with Gasteiger partial charge in [0.25, 0.3) is 0 Å². The summed E-state index contributed by atoms with van der Waals surface area (Å²) < 4.78 is 18.0. The Morgan fingerprint density at radius 3 is 2.12 bits per heavy atom. The number of rotatable bonds is 5. The van der Waals surface area contributed by atoms with Gasteiger partial charge in [0.05, 0.1) is 0 Å². The second kappa shape index (κ2) is 8.09. The molecule has 4 heteroatoms. The number of Topliss-reactive ketones (excluding diaryl/α,β-unsaturated/α-hetero) is 1. The predicted molar refractivity (Wildman–Crippen MR) is 100 cm³/mol. The first-order chi connectivity index (χ1) is 12.2. The minimum atomic E-state index is -0.888. The Hall–Kier alpha value is -2.75. The third kappa shape index (κ3) is 5.38. The molecule has 2 aromatic carbocycles. The summed E-state index contributed by atoms with van der Waals surface area (Å²) in [6, 6.07) is 13.0. The molecule has 0 spiro atoms. The van der Waals surface area contributed by atoms with E-state index in [-0.39, 0.29) is 17.0 Å². The zero-order valence-electron chi connectivity index (χ0n) is 15.5. The maximum Gasteiger partial charge on any atom is 0.331 e. The summed E-state index contributed by atoms with van der Waals surface area (Å²) in [6.45, 7) is 7.84. The van der Waals surface area contributed by atoms with Crippen LogP contribution in [-0.4, -0.2) is 17.9 Å². The van der Waals surface area contributed by atoms with E-state index in [2.05, 4.69) is 20.8 Å². The van der Waals surface area contributed by atoms with Crippen LogP contribution < -0.4 is 0 Å². The van der Waals surface area contributed by atoms with Gasteiger partial charge in [0.1, 0.15) is 5.82 Å². The lowest BCUT2D eigenvalue weighted by atomic mass is 9.86. The zero-order valence-corrected chi connectivity index (χ0v) is 15.5. The van der Waals surface area contributed by atoms with Crippen LogP contribution >= 0.6 is 0 Å². The van der Waals surface area contributed by atoms with Crippen molar-refractivity contribution in [3.8, 4) is 0 Å². The molecule has 3 nitrogen and oxygen atoms in total. The van der Waals surface area contributed by atoms with Crippen molar-refractivity contribution in [2.75, 3.05) is 0 Å². The van der Waals surface area contributed by atoms with Crippen LogP contribution in [0.4, 0.5) is 4.39 Å². The average Bonchev–Trinajstić information content (AvgIpc) is 2.60. The molecule has 2 aromatic rings. The van der Waals surface area contributed by atoms with Gasteiger partial charge in [-0.05, 0) is 41.7 Å². The highest BCUT2D eigenvalue weighted by Crippen LogP contribution is 2.22. The van der Waals surface area contributed by atoms with Gasteiger partial charge >= 0.3 is 5.97 Å². The Morgan fingerprint density at radius 2 is 1.58 bits per heavy atom. The highest BCUT2D eigenvalue weighted by atomic mass is 19.1. The largest absolute Gasteiger partial charge is 0.451 e. The molecule has 0 radical (unpaired) electrons. The Bertz CT molecular complexity index is 797. The van der Waals surface area contributed by atoms with Crippen molar-refractivity contribution in [2.24, 2.45) is 0 Å². The number of hydrogen-bond donors (Lipinski definition) is 0. The lowest BCUT2D eigenvalue weighted by molar-refractivity contribution is -0.140. The fourth-order valence-electron chi connectivity index (χ4n) is 2.37. The second-order valence-electron chi connectivity index (χ2n) is 7.16. The van der Waals surface area contributed by atoms with Gasteiger partial charge in [0, 0.05) is 11.6 Å². The molecular weight excluding hydrogens is 331 g/mol. The third-order valence-electron chi connectivity index (χ3n) is 3.98. The second-order valence-corrected chi connectivity index (χ2v) is 7.16. The van der Waals surface area contributed by atoms with Crippen LogP contribution in [0.3, 0.4) is 0 Å². The normalized spacial score (nSPS) is 12.8. The first kappa shape index (κ1) is 19.6. The van der Waals surface area contributed by atoms with Gasteiger partial charge in [-0.2, -0.15) is 0 Å². The average molecular weight is 354 g/mol. The van der Waals surface area contributed by atoms with Crippen LogP contribution in [0.25, 0.3) is 6.08 Å². The molecule has 0 aliphatic carbocycles. The number of esters is 1. The maximum absolute atomic E-state index is 12.8. The lowest BCUT2D eigenvalue weighted by Gasteiger charge is -2.19. The zero-order chi connectivity index (χ0) is 19.3. The van der Waals surface area contributed by atoms with E-state index in [1.54, 1.807) is 31.2 Å². The van der Waals surface area contributed by atoms with Crippen molar-refractivity contribution in [2.45, 2.75) is 39.2 Å². The minimum Gasteiger partial charge on any atom is -0.451 e. The molecule has 0 bridgehead atoms. The number of carbonyl (C=O) groups excluding carboxylic acids is 2. The van der Waals surface area contributed by atoms with E-state index in [0.717, 1.165) is 5.56 Å². The van der Waals surface area contributed by atoms with E-state index in [9.17, 15) is 14.0 Å². The monoisotopic (exact) mass is 354 g/mol. The highest BCUT2D eigenvalue weighted by Gasteiger charge is 2.20. The Morgan fingerprint density at radius 1 is 1.00 bits per heavy atom. The number of ether oxygens (including phenoxy) is 1. The molecule has 1 atom stereocenters. The van der Waals surface area contributed by atoms with Gasteiger partial charge in [-0.15, -0.1) is 0 Å². The van der Waals surface area contributed by atoms with Crippen molar-refractivity contribution in [3.63, 3.8) is 0 Å². The molecule has 0 saturated heterocycles. The summed E-state index contributed by atoms with van der Waals surface area (Å²) in [6.07, 6.45) is 1.84. The summed E-state index contributed by atoms with van der Waals surface area (Å²) in [5.74, 6) is -1.23. The SMILES string of the molecule is CC(OC(=O)/C=C/c1ccc(F)cc1)C(=O)c1ccc(C(C)(C)C)cc1. The summed E-state index contributed by atoms with van der Waals surface area (Å²) in [5.41, 5.74) is 2.30. The minimum absolute atomic E-state index is 0.00477. The molecule has 0 heterocycles. The summed E-state index contributed by atoms with van der Waals surface area (Å²) in [7, 11) is 0. The summed E-state index contributed by atoms with van der Waals surface area (Å²) >= 11 is 0. The number of benzene rings is 2. The molecule has 0 amide bonds. The van der Waals surface area contributed by atoms with Crippen LogP contribution in [0, 0.1) is 5.82 Å². The molecule has 2 rings (SSSR count). The van der Waals surface area contributed by atoms with Crippen molar-refractivity contribution in [3.05, 3.63) is 77.1 Å². The molecule has 0 aromatic heterocycles. The van der Waals surface area contributed by atoms with E-state index in [1.165, 1.54) is 24.3 Å². The molecule has 0 saturated carbocycles. The number of carbonyl (C=O) groups is 2. The fourth-order valence-corrected chi connectivity index (χ4v) is 2.37. The topological polar surface area (TPSA) is 43.4 Å². The van der Waals surface area contributed by atoms with Crippen molar-refractivity contribution in [1.82, 2.24) is 0 Å². The Labute approximate surface area is 153 Å². The predicted octanol–water partition coefficient (Wildman–Crippen LogP) is 4.95. The molecule has 0 N–H and O–H groups in total. The van der Waals surface area contributed by atoms with Gasteiger partial charge in [-0.3, -0.25) is 4.79 Å². The highest BCUT2D eigenvalue weighted by molar-refractivity contribution is 6.01. The van der Waals surface area contributed by atoms with E-state index in [4.69, 9.17) is 4.74 Å². The maximum atomic E-state index is 12.8. The molecule has 26 heavy (non-hydrogen) atoms. The van der Waals surface area contributed by atoms with Crippen LogP contribution in [0.15, 0.2) is 54.6 Å². The van der Waals surface area contributed by atoms with Gasteiger partial charge in [-0.1, -0.05) is 57.2 Å². The smallest absolute Gasteiger partial charge is 0.331 e. The van der Waals surface area contributed by atoms with Crippen molar-refractivity contribution in [1.29, 1.82) is 0 Å². The summed E-state index contributed by atoms with van der Waals surface area (Å²) in [4.78, 5) is 24.3. The van der Waals surface area contributed by atoms with Crippen molar-refractivity contribution < 1.29 is 18.7 Å². The van der Waals surface area contributed by atoms with Crippen LogP contribution in [-0.2, 0) is 14.9 Å².